The minimum Gasteiger partial charge on any atom is -0.356 e. The first-order valence-corrected chi connectivity index (χ1v) is 10.5. The molecule has 27 heavy (non-hydrogen) atoms. The van der Waals surface area contributed by atoms with Crippen LogP contribution in [0.3, 0.4) is 0 Å². The summed E-state index contributed by atoms with van der Waals surface area (Å²) in [5.74, 6) is 1.32. The van der Waals surface area contributed by atoms with Crippen molar-refractivity contribution in [3.05, 3.63) is 46.2 Å². The van der Waals surface area contributed by atoms with Crippen LogP contribution in [0.2, 0.25) is 0 Å². The van der Waals surface area contributed by atoms with Gasteiger partial charge in [-0.25, -0.2) is 9.37 Å². The highest BCUT2D eigenvalue weighted by Crippen LogP contribution is 2.18. The van der Waals surface area contributed by atoms with E-state index in [2.05, 4.69) is 25.9 Å². The number of guanidine groups is 1. The lowest BCUT2D eigenvalue weighted by Crippen LogP contribution is -2.41. The number of hydrogen-bond donors (Lipinski definition) is 3. The van der Waals surface area contributed by atoms with Crippen molar-refractivity contribution in [2.45, 2.75) is 18.2 Å². The highest BCUT2D eigenvalue weighted by molar-refractivity contribution is 7.99. The number of nitrogens with zero attached hydrogens (tertiary/aromatic N) is 2. The topological polar surface area (TPSA) is 78.4 Å². The molecule has 1 aromatic heterocycles. The maximum Gasteiger partial charge on any atom is 0.263 e. The Kier molecular flexibility index (Phi) is 9.06. The summed E-state index contributed by atoms with van der Waals surface area (Å²) in [5, 5.41) is 9.26. The van der Waals surface area contributed by atoms with Gasteiger partial charge in [0.1, 0.15) is 10.7 Å². The first kappa shape index (κ1) is 21.2. The van der Waals surface area contributed by atoms with Crippen LogP contribution in [0.1, 0.15) is 21.8 Å². The van der Waals surface area contributed by atoms with Gasteiger partial charge in [0.2, 0.25) is 0 Å². The number of aromatic nitrogens is 1. The summed E-state index contributed by atoms with van der Waals surface area (Å²) in [5.41, 5.74) is 2.42. The fourth-order valence-electron chi connectivity index (χ4n) is 2.18. The third-order valence-corrected chi connectivity index (χ3v) is 5.60. The lowest BCUT2D eigenvalue weighted by molar-refractivity contribution is 0.0957. The largest absolute Gasteiger partial charge is 0.356 e. The van der Waals surface area contributed by atoms with Gasteiger partial charge < -0.3 is 16.0 Å². The third-order valence-electron chi connectivity index (χ3n) is 3.57. The molecule has 2 aromatic rings. The maximum absolute atomic E-state index is 12.9. The lowest BCUT2D eigenvalue weighted by atomic mass is 10.4. The average Bonchev–Trinajstić information content (AvgIpc) is 3.10. The second-order valence-electron chi connectivity index (χ2n) is 5.60. The second kappa shape index (κ2) is 11.6. The first-order valence-electron chi connectivity index (χ1n) is 8.61. The first-order chi connectivity index (χ1) is 13.1. The van der Waals surface area contributed by atoms with E-state index in [9.17, 15) is 9.18 Å². The maximum atomic E-state index is 12.9. The van der Waals surface area contributed by atoms with Crippen molar-refractivity contribution < 1.29 is 9.18 Å². The summed E-state index contributed by atoms with van der Waals surface area (Å²) in [6, 6.07) is 6.52. The number of halogens is 1. The summed E-state index contributed by atoms with van der Waals surface area (Å²) >= 11 is 3.04. The molecule has 0 spiro atoms. The second-order valence-corrected chi connectivity index (χ2v) is 7.63. The van der Waals surface area contributed by atoms with Gasteiger partial charge in [-0.05, 0) is 43.4 Å². The van der Waals surface area contributed by atoms with Crippen molar-refractivity contribution >= 4 is 35.0 Å². The van der Waals surface area contributed by atoms with Crippen LogP contribution < -0.4 is 16.0 Å². The molecule has 0 bridgehead atoms. The van der Waals surface area contributed by atoms with E-state index in [1.165, 1.54) is 23.5 Å². The number of thiazole rings is 1. The van der Waals surface area contributed by atoms with Crippen molar-refractivity contribution in [2.75, 3.05) is 32.4 Å². The Hall–Kier alpha value is -2.13. The zero-order valence-corrected chi connectivity index (χ0v) is 17.1. The molecule has 0 aliphatic heterocycles. The number of amides is 1. The van der Waals surface area contributed by atoms with Crippen molar-refractivity contribution in [1.82, 2.24) is 20.9 Å². The molecule has 0 radical (unpaired) electrons. The molecule has 1 amide bonds. The minimum absolute atomic E-state index is 0.0995. The smallest absolute Gasteiger partial charge is 0.263 e. The Balaban J connectivity index is 1.55. The Labute approximate surface area is 167 Å². The van der Waals surface area contributed by atoms with E-state index >= 15 is 0 Å². The third kappa shape index (κ3) is 7.56. The number of hydrogen-bond acceptors (Lipinski definition) is 5. The van der Waals surface area contributed by atoms with Gasteiger partial charge in [0.15, 0.2) is 5.96 Å². The zero-order valence-electron chi connectivity index (χ0n) is 15.4. The molecule has 0 saturated carbocycles. The predicted molar refractivity (Wildman–Crippen MR) is 110 cm³/mol. The van der Waals surface area contributed by atoms with Crippen molar-refractivity contribution in [3.63, 3.8) is 0 Å². The molecule has 0 saturated heterocycles. The zero-order chi connectivity index (χ0) is 19.5. The molecule has 0 fully saturated rings. The van der Waals surface area contributed by atoms with Crippen LogP contribution in [0.5, 0.6) is 0 Å². The Morgan fingerprint density at radius 1 is 1.19 bits per heavy atom. The van der Waals surface area contributed by atoms with Gasteiger partial charge in [0, 0.05) is 31.6 Å². The Morgan fingerprint density at radius 3 is 2.56 bits per heavy atom. The van der Waals surface area contributed by atoms with Crippen molar-refractivity contribution in [3.8, 4) is 0 Å². The average molecular weight is 410 g/mol. The molecule has 6 nitrogen and oxygen atoms in total. The summed E-state index contributed by atoms with van der Waals surface area (Å²) in [4.78, 5) is 21.9. The van der Waals surface area contributed by atoms with Gasteiger partial charge >= 0.3 is 0 Å². The van der Waals surface area contributed by atoms with Crippen LogP contribution in [0.15, 0.2) is 39.7 Å². The number of aliphatic imine (C=N–C) groups is 1. The predicted octanol–water partition coefficient (Wildman–Crippen LogP) is 2.67. The van der Waals surface area contributed by atoms with E-state index < -0.39 is 0 Å². The SMILES string of the molecule is CN=C(NCCCSc1ccc(F)cc1)NCCNC(=O)c1scnc1C. The fraction of sp³-hybridized carbons (Fsp3) is 0.389. The molecule has 0 aliphatic rings. The normalized spacial score (nSPS) is 11.3. The number of carbonyl (C=O) groups excluding carboxylic acids is 1. The summed E-state index contributed by atoms with van der Waals surface area (Å²) in [7, 11) is 1.71. The van der Waals surface area contributed by atoms with E-state index in [1.807, 2.05) is 6.92 Å². The minimum atomic E-state index is -0.214. The molecule has 0 aliphatic carbocycles. The van der Waals surface area contributed by atoms with Gasteiger partial charge in [0.05, 0.1) is 11.2 Å². The van der Waals surface area contributed by atoms with Crippen molar-refractivity contribution in [2.24, 2.45) is 4.99 Å². The Morgan fingerprint density at radius 2 is 1.89 bits per heavy atom. The fourth-order valence-corrected chi connectivity index (χ4v) is 3.75. The summed E-state index contributed by atoms with van der Waals surface area (Å²) in [6.07, 6.45) is 0.949. The monoisotopic (exact) mass is 409 g/mol. The number of thioether (sulfide) groups is 1. The van der Waals surface area contributed by atoms with E-state index in [0.29, 0.717) is 23.9 Å². The molecular formula is C18H24FN5OS2. The van der Waals surface area contributed by atoms with Gasteiger partial charge in [-0.2, -0.15) is 0 Å². The number of aryl methyl sites for hydroxylation is 1. The number of nitrogens with one attached hydrogen (secondary N) is 3. The number of carbonyl (C=O) groups is 1. The van der Waals surface area contributed by atoms with Gasteiger partial charge in [-0.3, -0.25) is 9.79 Å². The van der Waals surface area contributed by atoms with Gasteiger partial charge in [0.25, 0.3) is 5.91 Å². The van der Waals surface area contributed by atoms with Crippen molar-refractivity contribution in [1.29, 1.82) is 0 Å². The lowest BCUT2D eigenvalue weighted by Gasteiger charge is -2.12. The van der Waals surface area contributed by atoms with Crippen LogP contribution in [0.4, 0.5) is 4.39 Å². The standard InChI is InChI=1S/C18H24FN5OS2/c1-13-16(27-12-24-13)17(25)21-9-10-23-18(20-2)22-8-3-11-26-15-6-4-14(19)5-7-15/h4-7,12H,3,8-11H2,1-2H3,(H,21,25)(H2,20,22,23). The molecule has 2 rings (SSSR count). The quantitative estimate of drug-likeness (QED) is 0.257. The molecule has 0 atom stereocenters. The molecule has 3 N–H and O–H groups in total. The highest BCUT2D eigenvalue weighted by Gasteiger charge is 2.10. The Bertz CT molecular complexity index is 748. The van der Waals surface area contributed by atoms with Crippen LogP contribution in [-0.2, 0) is 0 Å². The van der Waals surface area contributed by atoms with Crippen LogP contribution in [0.25, 0.3) is 0 Å². The molecule has 1 heterocycles. The highest BCUT2D eigenvalue weighted by atomic mass is 32.2. The van der Waals surface area contributed by atoms with Crippen LogP contribution in [0, 0.1) is 12.7 Å². The molecule has 146 valence electrons. The van der Waals surface area contributed by atoms with E-state index in [1.54, 1.807) is 36.5 Å². The summed E-state index contributed by atoms with van der Waals surface area (Å²) in [6.45, 7) is 3.68. The van der Waals surface area contributed by atoms with E-state index in [-0.39, 0.29) is 11.7 Å². The van der Waals surface area contributed by atoms with E-state index in [4.69, 9.17) is 0 Å². The van der Waals surface area contributed by atoms with Gasteiger partial charge in [-0.15, -0.1) is 23.1 Å². The van der Waals surface area contributed by atoms with Gasteiger partial charge in [-0.1, -0.05) is 0 Å². The molecule has 9 heteroatoms. The molecular weight excluding hydrogens is 385 g/mol. The number of rotatable bonds is 9. The van der Waals surface area contributed by atoms with Crippen LogP contribution in [-0.4, -0.2) is 49.3 Å². The molecule has 0 unspecified atom stereocenters. The number of benzene rings is 1. The van der Waals surface area contributed by atoms with E-state index in [0.717, 1.165) is 29.3 Å². The molecule has 1 aromatic carbocycles. The summed E-state index contributed by atoms with van der Waals surface area (Å²) < 4.78 is 12.9. The van der Waals surface area contributed by atoms with Crippen LogP contribution >= 0.6 is 23.1 Å².